The molecular formula is C25H19BrN4O5S. The number of rotatable bonds is 7. The summed E-state index contributed by atoms with van der Waals surface area (Å²) in [6, 6.07) is 16.3. The zero-order chi connectivity index (χ0) is 25.7. The number of ether oxygens (including phenoxy) is 1. The molecule has 4 aromatic rings. The number of nitrogens with zero attached hydrogens (tertiary/aromatic N) is 2. The van der Waals surface area contributed by atoms with Gasteiger partial charge in [0, 0.05) is 16.6 Å². The van der Waals surface area contributed by atoms with Gasteiger partial charge in [0.15, 0.2) is 0 Å². The number of carbonyl (C=O) groups excluding carboxylic acids is 3. The minimum atomic E-state index is -0.723. The average molecular weight is 567 g/mol. The molecule has 3 N–H and O–H groups in total. The van der Waals surface area contributed by atoms with E-state index < -0.39 is 11.9 Å². The molecule has 4 rings (SSSR count). The SMILES string of the molecule is COC(=O)/C(=C/c1ccc2nsnc2c1)NC(=O)c1ccc(C(=O)NCc2cccc(O)c2)cc1Br. The third-order valence-corrected chi connectivity index (χ3v) is 6.29. The average Bonchev–Trinajstić information content (AvgIpc) is 3.34. The lowest BCUT2D eigenvalue weighted by Gasteiger charge is -2.11. The smallest absolute Gasteiger partial charge is 0.354 e. The summed E-state index contributed by atoms with van der Waals surface area (Å²) in [7, 11) is 1.22. The summed E-state index contributed by atoms with van der Waals surface area (Å²) in [6.45, 7) is 0.225. The van der Waals surface area contributed by atoms with Crippen molar-refractivity contribution in [2.24, 2.45) is 0 Å². The largest absolute Gasteiger partial charge is 0.508 e. The van der Waals surface area contributed by atoms with E-state index in [2.05, 4.69) is 35.3 Å². The molecule has 182 valence electrons. The van der Waals surface area contributed by atoms with E-state index in [4.69, 9.17) is 4.74 Å². The van der Waals surface area contributed by atoms with Crippen molar-refractivity contribution in [3.8, 4) is 5.75 Å². The molecular weight excluding hydrogens is 548 g/mol. The number of esters is 1. The molecule has 36 heavy (non-hydrogen) atoms. The molecule has 1 heterocycles. The molecule has 0 spiro atoms. The lowest BCUT2D eigenvalue weighted by molar-refractivity contribution is -0.136. The van der Waals surface area contributed by atoms with Crippen molar-refractivity contribution < 1.29 is 24.2 Å². The molecule has 0 aliphatic carbocycles. The van der Waals surface area contributed by atoms with Crippen LogP contribution in [0.4, 0.5) is 0 Å². The Morgan fingerprint density at radius 2 is 1.83 bits per heavy atom. The third-order valence-electron chi connectivity index (χ3n) is 5.08. The summed E-state index contributed by atoms with van der Waals surface area (Å²) in [6.07, 6.45) is 1.49. The van der Waals surface area contributed by atoms with E-state index in [0.29, 0.717) is 21.1 Å². The number of amides is 2. The van der Waals surface area contributed by atoms with Gasteiger partial charge in [-0.3, -0.25) is 9.59 Å². The Bertz CT molecular complexity index is 1500. The summed E-state index contributed by atoms with van der Waals surface area (Å²) in [5, 5.41) is 14.9. The number of nitrogens with one attached hydrogen (secondary N) is 2. The number of aromatic hydroxyl groups is 1. The van der Waals surface area contributed by atoms with Gasteiger partial charge in [-0.2, -0.15) is 8.75 Å². The zero-order valence-electron chi connectivity index (χ0n) is 18.8. The van der Waals surface area contributed by atoms with Crippen molar-refractivity contribution in [1.29, 1.82) is 0 Å². The molecule has 9 nitrogen and oxygen atoms in total. The first-order valence-electron chi connectivity index (χ1n) is 10.5. The Hall–Kier alpha value is -4.09. The van der Waals surface area contributed by atoms with Crippen LogP contribution >= 0.6 is 27.7 Å². The molecule has 0 atom stereocenters. The normalized spacial score (nSPS) is 11.2. The van der Waals surface area contributed by atoms with E-state index >= 15 is 0 Å². The number of benzene rings is 3. The summed E-state index contributed by atoms with van der Waals surface area (Å²) < 4.78 is 13.5. The van der Waals surface area contributed by atoms with Crippen molar-refractivity contribution in [3.63, 3.8) is 0 Å². The molecule has 0 unspecified atom stereocenters. The van der Waals surface area contributed by atoms with Crippen LogP contribution in [0.15, 0.2) is 70.8 Å². The second kappa shape index (κ2) is 11.1. The molecule has 0 fully saturated rings. The highest BCUT2D eigenvalue weighted by atomic mass is 79.9. The zero-order valence-corrected chi connectivity index (χ0v) is 21.2. The van der Waals surface area contributed by atoms with Crippen LogP contribution in [0.2, 0.25) is 0 Å². The summed E-state index contributed by atoms with van der Waals surface area (Å²) in [4.78, 5) is 37.8. The third kappa shape index (κ3) is 5.93. The molecule has 1 aromatic heterocycles. The number of methoxy groups -OCH3 is 1. The van der Waals surface area contributed by atoms with E-state index in [1.807, 2.05) is 0 Å². The first kappa shape index (κ1) is 25.0. The van der Waals surface area contributed by atoms with Gasteiger partial charge in [-0.05, 0) is 75.6 Å². The highest BCUT2D eigenvalue weighted by molar-refractivity contribution is 9.10. The van der Waals surface area contributed by atoms with Crippen LogP contribution < -0.4 is 10.6 Å². The van der Waals surface area contributed by atoms with Crippen LogP contribution in [-0.2, 0) is 16.1 Å². The number of hydrogen-bond acceptors (Lipinski definition) is 8. The van der Waals surface area contributed by atoms with Crippen LogP contribution in [-0.4, -0.2) is 38.7 Å². The van der Waals surface area contributed by atoms with Gasteiger partial charge in [-0.1, -0.05) is 18.2 Å². The standard InChI is InChI=1S/C25H19BrN4O5S/c1-35-25(34)22(11-14-5-8-20-21(10-14)30-36-29-20)28-24(33)18-7-6-16(12-19(18)26)23(32)27-13-15-3-2-4-17(31)9-15/h2-12,31H,13H2,1H3,(H,27,32)(H,28,33)/b22-11-. The molecule has 0 saturated heterocycles. The maximum atomic E-state index is 12.9. The van der Waals surface area contributed by atoms with Gasteiger partial charge >= 0.3 is 5.97 Å². The monoisotopic (exact) mass is 566 g/mol. The number of phenolic OH excluding ortho intramolecular Hbond substituents is 1. The number of halogens is 1. The first-order chi connectivity index (χ1) is 17.3. The van der Waals surface area contributed by atoms with Crippen LogP contribution in [0.1, 0.15) is 31.8 Å². The van der Waals surface area contributed by atoms with E-state index in [1.165, 1.54) is 31.4 Å². The van der Waals surface area contributed by atoms with Crippen molar-refractivity contribution in [2.75, 3.05) is 7.11 Å². The number of carbonyl (C=O) groups is 3. The minimum absolute atomic E-state index is 0.0649. The van der Waals surface area contributed by atoms with Gasteiger partial charge in [0.1, 0.15) is 22.5 Å². The topological polar surface area (TPSA) is 131 Å². The van der Waals surface area contributed by atoms with Crippen LogP contribution in [0.5, 0.6) is 5.75 Å². The van der Waals surface area contributed by atoms with Crippen LogP contribution in [0.3, 0.4) is 0 Å². The van der Waals surface area contributed by atoms with E-state index in [0.717, 1.165) is 22.8 Å². The lowest BCUT2D eigenvalue weighted by Crippen LogP contribution is -2.28. The predicted molar refractivity (Wildman–Crippen MR) is 138 cm³/mol. The van der Waals surface area contributed by atoms with E-state index in [1.54, 1.807) is 42.5 Å². The Kier molecular flexibility index (Phi) is 7.71. The summed E-state index contributed by atoms with van der Waals surface area (Å²) in [5.74, 6) is -1.53. The number of phenols is 1. The molecule has 2 amide bonds. The van der Waals surface area contributed by atoms with Crippen LogP contribution in [0, 0.1) is 0 Å². The highest BCUT2D eigenvalue weighted by Gasteiger charge is 2.18. The Labute approximate surface area is 218 Å². The minimum Gasteiger partial charge on any atom is -0.508 e. The van der Waals surface area contributed by atoms with Gasteiger partial charge in [0.05, 0.1) is 24.4 Å². The lowest BCUT2D eigenvalue weighted by atomic mass is 10.1. The second-order valence-electron chi connectivity index (χ2n) is 7.56. The predicted octanol–water partition coefficient (Wildman–Crippen LogP) is 4.03. The fourth-order valence-electron chi connectivity index (χ4n) is 3.29. The van der Waals surface area contributed by atoms with Gasteiger partial charge in [-0.15, -0.1) is 0 Å². The summed E-state index contributed by atoms with van der Waals surface area (Å²) in [5.41, 5.74) is 3.26. The van der Waals surface area contributed by atoms with Crippen molar-refractivity contribution in [2.45, 2.75) is 6.54 Å². The van der Waals surface area contributed by atoms with Crippen molar-refractivity contribution in [1.82, 2.24) is 19.4 Å². The quantitative estimate of drug-likeness (QED) is 0.227. The van der Waals surface area contributed by atoms with Crippen LogP contribution in [0.25, 0.3) is 17.1 Å². The molecule has 0 aliphatic heterocycles. The van der Waals surface area contributed by atoms with Crippen molar-refractivity contribution in [3.05, 3.63) is 93.1 Å². The fourth-order valence-corrected chi connectivity index (χ4v) is 4.37. The number of hydrogen-bond donors (Lipinski definition) is 3. The van der Waals surface area contributed by atoms with Gasteiger partial charge < -0.3 is 20.5 Å². The Morgan fingerprint density at radius 3 is 2.58 bits per heavy atom. The number of aromatic nitrogens is 2. The fraction of sp³-hybridized carbons (Fsp3) is 0.0800. The van der Waals surface area contributed by atoms with Gasteiger partial charge in [-0.25, -0.2) is 4.79 Å². The maximum absolute atomic E-state index is 12.9. The summed E-state index contributed by atoms with van der Waals surface area (Å²) >= 11 is 4.41. The van der Waals surface area contributed by atoms with Gasteiger partial charge in [0.2, 0.25) is 0 Å². The van der Waals surface area contributed by atoms with Gasteiger partial charge in [0.25, 0.3) is 11.8 Å². The van der Waals surface area contributed by atoms with E-state index in [9.17, 15) is 19.5 Å². The molecule has 0 bridgehead atoms. The first-order valence-corrected chi connectivity index (χ1v) is 12.1. The molecule has 11 heteroatoms. The maximum Gasteiger partial charge on any atom is 0.354 e. The second-order valence-corrected chi connectivity index (χ2v) is 8.95. The molecule has 0 saturated carbocycles. The molecule has 0 radical (unpaired) electrons. The Morgan fingerprint density at radius 1 is 1.03 bits per heavy atom. The van der Waals surface area contributed by atoms with Crippen molar-refractivity contribution >= 4 is 62.6 Å². The Balaban J connectivity index is 1.49. The highest BCUT2D eigenvalue weighted by Crippen LogP contribution is 2.21. The number of fused-ring (bicyclic) bond motifs is 1. The van der Waals surface area contributed by atoms with E-state index in [-0.39, 0.29) is 29.5 Å². The molecule has 3 aromatic carbocycles. The molecule has 0 aliphatic rings.